The number of likely N-dealkylation sites (N-methyl/N-ethyl adjacent to an activating group) is 1. The van der Waals surface area contributed by atoms with Crippen LogP contribution in [0.5, 0.6) is 0 Å². The first-order chi connectivity index (χ1) is 15.7. The Labute approximate surface area is 204 Å². The summed E-state index contributed by atoms with van der Waals surface area (Å²) in [5.41, 5.74) is 3.96. The van der Waals surface area contributed by atoms with Gasteiger partial charge in [0.25, 0.3) is 5.91 Å². The summed E-state index contributed by atoms with van der Waals surface area (Å²) >= 11 is 5.97. The predicted molar refractivity (Wildman–Crippen MR) is 134 cm³/mol. The van der Waals surface area contributed by atoms with Crippen LogP contribution >= 0.6 is 11.6 Å². The lowest BCUT2D eigenvalue weighted by Crippen LogP contribution is -2.57. The summed E-state index contributed by atoms with van der Waals surface area (Å²) in [6.07, 6.45) is 8.12. The average Bonchev–Trinajstić information content (AvgIpc) is 2.79. The number of halogens is 1. The lowest BCUT2D eigenvalue weighted by Gasteiger charge is -2.46. The van der Waals surface area contributed by atoms with Gasteiger partial charge in [-0.05, 0) is 77.6 Å². The van der Waals surface area contributed by atoms with Crippen LogP contribution in [-0.4, -0.2) is 59.5 Å². The van der Waals surface area contributed by atoms with Crippen LogP contribution in [0.15, 0.2) is 24.3 Å². The number of carbonyl (C=O) groups excluding carboxylic acids is 2. The fourth-order valence-corrected chi connectivity index (χ4v) is 5.37. The summed E-state index contributed by atoms with van der Waals surface area (Å²) in [7, 11) is 1.80. The van der Waals surface area contributed by atoms with Gasteiger partial charge in [-0.15, -0.1) is 0 Å². The molecule has 1 aromatic carbocycles. The third kappa shape index (κ3) is 7.17. The normalized spacial score (nSPS) is 19.8. The zero-order valence-corrected chi connectivity index (χ0v) is 21.5. The molecule has 0 bridgehead atoms. The fraction of sp³-hybridized carbons (Fsp3) is 0.692. The molecule has 1 aliphatic carbocycles. The standard InChI is InChI=1S/C26H41ClN4O2/c1-26(2,3)31(22-8-6-5-7-9-22)25(33)20-14-16-30(17-15-20)29-24(32)23(28-4)18-19-10-12-21(27)13-11-19/h10-13,20,22-23,28H,5-9,14-18H2,1-4H3,(H,29,32)/t23-/m1/s1. The molecule has 1 aliphatic heterocycles. The Kier molecular flexibility index (Phi) is 9.19. The summed E-state index contributed by atoms with van der Waals surface area (Å²) in [6, 6.07) is 7.63. The molecule has 1 aromatic rings. The maximum Gasteiger partial charge on any atom is 0.251 e. The predicted octanol–water partition coefficient (Wildman–Crippen LogP) is 4.17. The van der Waals surface area contributed by atoms with Crippen molar-refractivity contribution in [2.45, 2.75) is 89.8 Å². The highest BCUT2D eigenvalue weighted by Crippen LogP contribution is 2.31. The number of amides is 2. The first-order valence-corrected chi connectivity index (χ1v) is 12.9. The average molecular weight is 477 g/mol. The summed E-state index contributed by atoms with van der Waals surface area (Å²) < 4.78 is 0. The minimum absolute atomic E-state index is 0.0356. The summed E-state index contributed by atoms with van der Waals surface area (Å²) in [4.78, 5) is 28.6. The monoisotopic (exact) mass is 476 g/mol. The molecule has 0 spiro atoms. The number of nitrogens with one attached hydrogen (secondary N) is 2. The minimum atomic E-state index is -0.326. The largest absolute Gasteiger partial charge is 0.335 e. The first kappa shape index (κ1) is 26.0. The smallest absolute Gasteiger partial charge is 0.251 e. The van der Waals surface area contributed by atoms with E-state index >= 15 is 0 Å². The number of hydrogen-bond acceptors (Lipinski definition) is 4. The molecule has 0 aromatic heterocycles. The molecule has 2 aliphatic rings. The Morgan fingerprint density at radius 2 is 1.67 bits per heavy atom. The molecule has 33 heavy (non-hydrogen) atoms. The number of piperidine rings is 1. The zero-order valence-electron chi connectivity index (χ0n) is 20.7. The molecule has 2 fully saturated rings. The topological polar surface area (TPSA) is 64.7 Å². The van der Waals surface area contributed by atoms with Crippen LogP contribution < -0.4 is 10.7 Å². The van der Waals surface area contributed by atoms with Crippen LogP contribution in [0, 0.1) is 5.92 Å². The van der Waals surface area contributed by atoms with E-state index in [1.165, 1.54) is 19.3 Å². The maximum atomic E-state index is 13.6. The van der Waals surface area contributed by atoms with Gasteiger partial charge in [-0.25, -0.2) is 5.01 Å². The van der Waals surface area contributed by atoms with E-state index < -0.39 is 0 Å². The van der Waals surface area contributed by atoms with E-state index in [9.17, 15) is 9.59 Å². The molecule has 2 N–H and O–H groups in total. The number of carbonyl (C=O) groups is 2. The second-order valence-electron chi connectivity index (χ2n) is 10.6. The number of hydrazine groups is 1. The Morgan fingerprint density at radius 1 is 1.06 bits per heavy atom. The second-order valence-corrected chi connectivity index (χ2v) is 11.0. The molecule has 1 saturated heterocycles. The van der Waals surface area contributed by atoms with Crippen molar-refractivity contribution >= 4 is 23.4 Å². The van der Waals surface area contributed by atoms with Gasteiger partial charge in [0, 0.05) is 35.6 Å². The number of benzene rings is 1. The molecular formula is C26H41ClN4O2. The molecule has 0 unspecified atom stereocenters. The summed E-state index contributed by atoms with van der Waals surface area (Å²) in [5.74, 6) is 0.292. The summed E-state index contributed by atoms with van der Waals surface area (Å²) in [6.45, 7) is 7.87. The first-order valence-electron chi connectivity index (χ1n) is 12.5. The van der Waals surface area contributed by atoms with Crippen molar-refractivity contribution in [1.82, 2.24) is 20.7 Å². The van der Waals surface area contributed by atoms with Crippen molar-refractivity contribution < 1.29 is 9.59 Å². The third-order valence-electron chi connectivity index (χ3n) is 7.03. The highest BCUT2D eigenvalue weighted by molar-refractivity contribution is 6.30. The third-order valence-corrected chi connectivity index (χ3v) is 7.28. The van der Waals surface area contributed by atoms with Crippen LogP contribution in [0.1, 0.15) is 71.3 Å². The molecule has 184 valence electrons. The van der Waals surface area contributed by atoms with Gasteiger partial charge in [-0.2, -0.15) is 0 Å². The Hall–Kier alpha value is -1.63. The van der Waals surface area contributed by atoms with Gasteiger partial charge < -0.3 is 10.2 Å². The van der Waals surface area contributed by atoms with Crippen molar-refractivity contribution in [2.24, 2.45) is 5.92 Å². The lowest BCUT2D eigenvalue weighted by atomic mass is 9.87. The van der Waals surface area contributed by atoms with Crippen LogP contribution in [0.4, 0.5) is 0 Å². The second kappa shape index (κ2) is 11.7. The van der Waals surface area contributed by atoms with Crippen LogP contribution in [0.2, 0.25) is 5.02 Å². The molecular weight excluding hydrogens is 436 g/mol. The highest BCUT2D eigenvalue weighted by Gasteiger charge is 2.38. The quantitative estimate of drug-likeness (QED) is 0.619. The van der Waals surface area contributed by atoms with Crippen LogP contribution in [0.25, 0.3) is 0 Å². The lowest BCUT2D eigenvalue weighted by molar-refractivity contribution is -0.146. The van der Waals surface area contributed by atoms with Gasteiger partial charge in [0.05, 0.1) is 6.04 Å². The Morgan fingerprint density at radius 3 is 2.21 bits per heavy atom. The molecule has 1 atom stereocenters. The maximum absolute atomic E-state index is 13.6. The van der Waals surface area contributed by atoms with Crippen molar-refractivity contribution in [1.29, 1.82) is 0 Å². The molecule has 3 rings (SSSR count). The van der Waals surface area contributed by atoms with E-state index in [1.807, 2.05) is 29.3 Å². The van der Waals surface area contributed by atoms with Gasteiger partial charge >= 0.3 is 0 Å². The number of rotatable bonds is 7. The molecule has 7 heteroatoms. The van der Waals surface area contributed by atoms with Crippen molar-refractivity contribution in [3.8, 4) is 0 Å². The number of nitrogens with zero attached hydrogens (tertiary/aromatic N) is 2. The molecule has 1 heterocycles. The van der Waals surface area contributed by atoms with Crippen molar-refractivity contribution in [2.75, 3.05) is 20.1 Å². The number of hydrogen-bond donors (Lipinski definition) is 2. The molecule has 1 saturated carbocycles. The fourth-order valence-electron chi connectivity index (χ4n) is 5.25. The van der Waals surface area contributed by atoms with Crippen molar-refractivity contribution in [3.05, 3.63) is 34.9 Å². The Bertz CT molecular complexity index is 778. The van der Waals surface area contributed by atoms with E-state index in [-0.39, 0.29) is 23.4 Å². The van der Waals surface area contributed by atoms with E-state index in [2.05, 4.69) is 36.4 Å². The van der Waals surface area contributed by atoms with Gasteiger partial charge in [0.2, 0.25) is 5.91 Å². The van der Waals surface area contributed by atoms with Crippen LogP contribution in [-0.2, 0) is 16.0 Å². The van der Waals surface area contributed by atoms with E-state index in [0.29, 0.717) is 36.5 Å². The van der Waals surface area contributed by atoms with Gasteiger partial charge in [0.15, 0.2) is 0 Å². The Balaban J connectivity index is 1.53. The molecule has 2 amide bonds. The van der Waals surface area contributed by atoms with E-state index in [4.69, 9.17) is 11.6 Å². The summed E-state index contributed by atoms with van der Waals surface area (Å²) in [5, 5.41) is 5.78. The van der Waals surface area contributed by atoms with Crippen molar-refractivity contribution in [3.63, 3.8) is 0 Å². The SMILES string of the molecule is CN[C@H](Cc1ccc(Cl)cc1)C(=O)NN1CCC(C(=O)N(C2CCCCC2)C(C)(C)C)CC1. The minimum Gasteiger partial charge on any atom is -0.335 e. The van der Waals surface area contributed by atoms with E-state index in [0.717, 1.165) is 31.2 Å². The zero-order chi connectivity index (χ0) is 24.0. The van der Waals surface area contributed by atoms with Gasteiger partial charge in [-0.3, -0.25) is 15.0 Å². The van der Waals surface area contributed by atoms with Gasteiger partial charge in [-0.1, -0.05) is 43.0 Å². The molecule has 0 radical (unpaired) electrons. The highest BCUT2D eigenvalue weighted by atomic mass is 35.5. The van der Waals surface area contributed by atoms with E-state index in [1.54, 1.807) is 7.05 Å². The molecule has 6 nitrogen and oxygen atoms in total. The van der Waals surface area contributed by atoms with Gasteiger partial charge in [0.1, 0.15) is 0 Å². The van der Waals surface area contributed by atoms with Crippen LogP contribution in [0.3, 0.4) is 0 Å².